The van der Waals surface area contributed by atoms with Gasteiger partial charge < -0.3 is 14.6 Å². The molecular formula is C15H28O5. The van der Waals surface area contributed by atoms with E-state index < -0.39 is 5.41 Å². The van der Waals surface area contributed by atoms with E-state index in [0.717, 1.165) is 12.8 Å². The topological polar surface area (TPSA) is 72.8 Å². The largest absolute Gasteiger partial charge is 0.466 e. The van der Waals surface area contributed by atoms with Crippen molar-refractivity contribution in [1.29, 1.82) is 0 Å². The first-order valence-corrected chi connectivity index (χ1v) is 7.33. The van der Waals surface area contributed by atoms with E-state index in [0.29, 0.717) is 32.3 Å². The van der Waals surface area contributed by atoms with Crippen molar-refractivity contribution in [1.82, 2.24) is 0 Å². The van der Waals surface area contributed by atoms with Crippen LogP contribution in [0.3, 0.4) is 0 Å². The third-order valence-corrected chi connectivity index (χ3v) is 2.82. The van der Waals surface area contributed by atoms with Gasteiger partial charge >= 0.3 is 11.9 Å². The fourth-order valence-corrected chi connectivity index (χ4v) is 1.33. The van der Waals surface area contributed by atoms with Crippen LogP contribution in [0.25, 0.3) is 0 Å². The number of ether oxygens (including phenoxy) is 2. The summed E-state index contributed by atoms with van der Waals surface area (Å²) in [5.74, 6) is -0.487. The number of hydrogen-bond donors (Lipinski definition) is 1. The minimum absolute atomic E-state index is 0.0239. The van der Waals surface area contributed by atoms with Gasteiger partial charge in [-0.15, -0.1) is 0 Å². The van der Waals surface area contributed by atoms with E-state index in [1.807, 2.05) is 20.8 Å². The van der Waals surface area contributed by atoms with Crippen molar-refractivity contribution in [2.45, 2.75) is 59.3 Å². The molecule has 0 unspecified atom stereocenters. The fraction of sp³-hybridized carbons (Fsp3) is 0.867. The number of carbonyl (C=O) groups is 2. The number of hydrogen-bond acceptors (Lipinski definition) is 5. The third kappa shape index (κ3) is 10.8. The molecule has 0 spiro atoms. The molecule has 1 N–H and O–H groups in total. The Hall–Kier alpha value is -1.10. The predicted octanol–water partition coefficient (Wildman–Crippen LogP) is 2.45. The fourth-order valence-electron chi connectivity index (χ4n) is 1.33. The first-order valence-electron chi connectivity index (χ1n) is 7.33. The van der Waals surface area contributed by atoms with Gasteiger partial charge in [-0.1, -0.05) is 27.2 Å². The van der Waals surface area contributed by atoms with Crippen molar-refractivity contribution < 1.29 is 24.2 Å². The van der Waals surface area contributed by atoms with Crippen molar-refractivity contribution in [3.05, 3.63) is 0 Å². The van der Waals surface area contributed by atoms with E-state index in [2.05, 4.69) is 0 Å². The summed E-state index contributed by atoms with van der Waals surface area (Å²) in [6, 6.07) is 0. The maximum atomic E-state index is 11.4. The Morgan fingerprint density at radius 2 is 1.55 bits per heavy atom. The molecule has 0 aromatic heterocycles. The van der Waals surface area contributed by atoms with Crippen molar-refractivity contribution in [2.75, 3.05) is 19.8 Å². The Labute approximate surface area is 121 Å². The van der Waals surface area contributed by atoms with Gasteiger partial charge in [-0.05, 0) is 19.3 Å². The summed E-state index contributed by atoms with van der Waals surface area (Å²) >= 11 is 0. The van der Waals surface area contributed by atoms with Crippen molar-refractivity contribution in [2.24, 2.45) is 5.41 Å². The van der Waals surface area contributed by atoms with Crippen LogP contribution < -0.4 is 0 Å². The van der Waals surface area contributed by atoms with Crippen molar-refractivity contribution in [3.8, 4) is 0 Å². The van der Waals surface area contributed by atoms with Crippen LogP contribution in [-0.4, -0.2) is 36.9 Å². The molecule has 118 valence electrons. The molecule has 5 heteroatoms. The molecule has 0 saturated carbocycles. The lowest BCUT2D eigenvalue weighted by molar-refractivity contribution is -0.148. The van der Waals surface area contributed by atoms with Gasteiger partial charge in [0.2, 0.25) is 0 Å². The van der Waals surface area contributed by atoms with Gasteiger partial charge in [0.25, 0.3) is 0 Å². The molecule has 0 atom stereocenters. The summed E-state index contributed by atoms with van der Waals surface area (Å²) in [7, 11) is 0. The van der Waals surface area contributed by atoms with Gasteiger partial charge in [0.05, 0.1) is 19.8 Å². The predicted molar refractivity (Wildman–Crippen MR) is 76.2 cm³/mol. The molecule has 0 aliphatic heterocycles. The zero-order valence-corrected chi connectivity index (χ0v) is 12.9. The first-order chi connectivity index (χ1) is 9.41. The Morgan fingerprint density at radius 1 is 1.00 bits per heavy atom. The van der Waals surface area contributed by atoms with Crippen LogP contribution in [-0.2, 0) is 19.1 Å². The molecule has 0 radical (unpaired) electrons. The maximum Gasteiger partial charge on any atom is 0.305 e. The van der Waals surface area contributed by atoms with E-state index in [1.54, 1.807) is 0 Å². The van der Waals surface area contributed by atoms with Gasteiger partial charge in [0, 0.05) is 18.3 Å². The highest BCUT2D eigenvalue weighted by atomic mass is 16.5. The highest BCUT2D eigenvalue weighted by Crippen LogP contribution is 2.14. The average Bonchev–Trinajstić information content (AvgIpc) is 2.42. The molecule has 5 nitrogen and oxygen atoms in total. The molecular weight excluding hydrogens is 260 g/mol. The molecule has 0 aromatic carbocycles. The lowest BCUT2D eigenvalue weighted by Crippen LogP contribution is -2.25. The number of carbonyl (C=O) groups excluding carboxylic acids is 2. The summed E-state index contributed by atoms with van der Waals surface area (Å²) in [5, 5.41) is 9.03. The molecule has 20 heavy (non-hydrogen) atoms. The van der Waals surface area contributed by atoms with Crippen LogP contribution in [0.15, 0.2) is 0 Å². The van der Waals surface area contributed by atoms with E-state index in [9.17, 15) is 9.59 Å². The number of unbranched alkanes of at least 4 members (excludes halogenated alkanes) is 2. The van der Waals surface area contributed by atoms with Crippen LogP contribution in [0.1, 0.15) is 59.3 Å². The maximum absolute atomic E-state index is 11.4. The Bertz CT molecular complexity index is 286. The van der Waals surface area contributed by atoms with Crippen LogP contribution in [0.5, 0.6) is 0 Å². The molecule has 0 amide bonds. The zero-order valence-electron chi connectivity index (χ0n) is 12.9. The highest BCUT2D eigenvalue weighted by Gasteiger charge is 2.18. The lowest BCUT2D eigenvalue weighted by atomic mass is 9.97. The van der Waals surface area contributed by atoms with E-state index in [-0.39, 0.29) is 25.2 Å². The average molecular weight is 288 g/mol. The minimum Gasteiger partial charge on any atom is -0.466 e. The number of rotatable bonds is 11. The van der Waals surface area contributed by atoms with E-state index in [1.165, 1.54) is 0 Å². The SMILES string of the molecule is CCCCOC(=O)CCCCC(=O)OCC(C)(C)CO. The second-order valence-corrected chi connectivity index (χ2v) is 5.76. The van der Waals surface area contributed by atoms with Gasteiger partial charge in [0.15, 0.2) is 0 Å². The van der Waals surface area contributed by atoms with Crippen LogP contribution in [0.2, 0.25) is 0 Å². The molecule has 0 aliphatic rings. The number of esters is 2. The molecule has 0 fully saturated rings. The smallest absolute Gasteiger partial charge is 0.305 e. The Kier molecular flexibility index (Phi) is 10.1. The molecule has 0 heterocycles. The summed E-state index contributed by atoms with van der Waals surface area (Å²) in [4.78, 5) is 22.7. The van der Waals surface area contributed by atoms with Crippen molar-refractivity contribution >= 4 is 11.9 Å². The third-order valence-electron chi connectivity index (χ3n) is 2.82. The molecule has 0 bridgehead atoms. The summed E-state index contributed by atoms with van der Waals surface area (Å²) in [6.45, 7) is 6.36. The quantitative estimate of drug-likeness (QED) is 0.467. The lowest BCUT2D eigenvalue weighted by Gasteiger charge is -2.20. The van der Waals surface area contributed by atoms with Gasteiger partial charge in [-0.2, -0.15) is 0 Å². The first kappa shape index (κ1) is 18.9. The van der Waals surface area contributed by atoms with Crippen LogP contribution in [0.4, 0.5) is 0 Å². The highest BCUT2D eigenvalue weighted by molar-refractivity contribution is 5.70. The van der Waals surface area contributed by atoms with Gasteiger partial charge in [0.1, 0.15) is 0 Å². The Balaban J connectivity index is 3.55. The minimum atomic E-state index is -0.404. The van der Waals surface area contributed by atoms with Gasteiger partial charge in [-0.25, -0.2) is 0 Å². The van der Waals surface area contributed by atoms with E-state index in [4.69, 9.17) is 14.6 Å². The van der Waals surface area contributed by atoms with Crippen molar-refractivity contribution in [3.63, 3.8) is 0 Å². The summed E-state index contributed by atoms with van der Waals surface area (Å²) in [6.07, 6.45) is 3.77. The molecule has 0 aromatic rings. The molecule has 0 aliphatic carbocycles. The van der Waals surface area contributed by atoms with Crippen LogP contribution >= 0.6 is 0 Å². The van der Waals surface area contributed by atoms with Gasteiger partial charge in [-0.3, -0.25) is 9.59 Å². The number of aliphatic hydroxyl groups excluding tert-OH is 1. The van der Waals surface area contributed by atoms with E-state index >= 15 is 0 Å². The number of aliphatic hydroxyl groups is 1. The second-order valence-electron chi connectivity index (χ2n) is 5.76. The Morgan fingerprint density at radius 3 is 2.05 bits per heavy atom. The molecule has 0 saturated heterocycles. The standard InChI is InChI=1S/C15H28O5/c1-4-5-10-19-13(17)8-6-7-9-14(18)20-12-15(2,3)11-16/h16H,4-12H2,1-3H3. The summed E-state index contributed by atoms with van der Waals surface area (Å²) < 4.78 is 10.1. The molecule has 0 rings (SSSR count). The second kappa shape index (κ2) is 10.7. The normalized spacial score (nSPS) is 11.2. The zero-order chi connectivity index (χ0) is 15.4. The monoisotopic (exact) mass is 288 g/mol. The van der Waals surface area contributed by atoms with Crippen LogP contribution in [0, 0.1) is 5.41 Å². The summed E-state index contributed by atoms with van der Waals surface area (Å²) in [5.41, 5.74) is -0.404.